The third-order valence-electron chi connectivity index (χ3n) is 6.62. The summed E-state index contributed by atoms with van der Waals surface area (Å²) in [5.41, 5.74) is 6.44. The van der Waals surface area contributed by atoms with Crippen molar-refractivity contribution >= 4 is 28.7 Å². The quantitative estimate of drug-likeness (QED) is 0.455. The van der Waals surface area contributed by atoms with Crippen molar-refractivity contribution in [3.8, 4) is 11.3 Å². The Kier molecular flexibility index (Phi) is 6.37. The molecule has 2 N–H and O–H groups in total. The van der Waals surface area contributed by atoms with Gasteiger partial charge < -0.3 is 20.4 Å². The summed E-state index contributed by atoms with van der Waals surface area (Å²) < 4.78 is 2.03. The Morgan fingerprint density at radius 2 is 1.77 bits per heavy atom. The molecule has 1 aliphatic heterocycles. The van der Waals surface area contributed by atoms with E-state index in [1.165, 1.54) is 0 Å². The van der Waals surface area contributed by atoms with Gasteiger partial charge in [-0.25, -0.2) is 9.97 Å². The molecule has 8 heteroatoms. The first-order chi connectivity index (χ1) is 17.0. The maximum Gasteiger partial charge on any atom is 0.254 e. The molecule has 2 aromatic carbocycles. The summed E-state index contributed by atoms with van der Waals surface area (Å²) in [6.07, 6.45) is 6.55. The zero-order chi connectivity index (χ0) is 24.4. The lowest BCUT2D eigenvalue weighted by Gasteiger charge is -2.22. The molecule has 1 aliphatic rings. The van der Waals surface area contributed by atoms with E-state index in [0.29, 0.717) is 5.82 Å². The molecule has 4 aromatic rings. The molecule has 3 heterocycles. The highest BCUT2D eigenvalue weighted by atomic mass is 16.2. The number of hydrogen-bond donors (Lipinski definition) is 2. The monoisotopic (exact) mass is 469 g/mol. The average Bonchev–Trinajstić information content (AvgIpc) is 3.19. The second-order valence-electron chi connectivity index (χ2n) is 9.04. The van der Waals surface area contributed by atoms with Gasteiger partial charge in [0.1, 0.15) is 0 Å². The highest BCUT2D eigenvalue weighted by molar-refractivity contribution is 5.96. The lowest BCUT2D eigenvalue weighted by atomic mass is 10.1. The Morgan fingerprint density at radius 3 is 2.54 bits per heavy atom. The van der Waals surface area contributed by atoms with Crippen LogP contribution in [0.4, 0.5) is 17.2 Å². The van der Waals surface area contributed by atoms with Crippen LogP contribution in [-0.4, -0.2) is 70.4 Å². The standard InChI is InChI=1S/C27H31N7O/c1-19-17-22(9-10-23(19)27(35)33-13-4-12-32(3)15-16-33)31-25-26-30-18-24(34(26)14-11-29-25)20-5-7-21(28-2)8-6-20/h5-11,14,17-18,28H,4,12-13,15-16H2,1-3H3,(H,29,31). The zero-order valence-electron chi connectivity index (χ0n) is 20.5. The van der Waals surface area contributed by atoms with Crippen molar-refractivity contribution in [1.82, 2.24) is 24.2 Å². The number of rotatable bonds is 5. The largest absolute Gasteiger partial charge is 0.388 e. The first-order valence-corrected chi connectivity index (χ1v) is 12.0. The first-order valence-electron chi connectivity index (χ1n) is 12.0. The average molecular weight is 470 g/mol. The molecule has 0 spiro atoms. The van der Waals surface area contributed by atoms with E-state index in [4.69, 9.17) is 0 Å². The number of benzene rings is 2. The molecule has 1 amide bonds. The number of imidazole rings is 1. The van der Waals surface area contributed by atoms with Gasteiger partial charge in [-0.1, -0.05) is 12.1 Å². The highest BCUT2D eigenvalue weighted by Gasteiger charge is 2.20. The smallest absolute Gasteiger partial charge is 0.254 e. The third-order valence-corrected chi connectivity index (χ3v) is 6.62. The van der Waals surface area contributed by atoms with E-state index in [0.717, 1.165) is 72.0 Å². The van der Waals surface area contributed by atoms with Crippen LogP contribution in [0, 0.1) is 6.92 Å². The molecule has 1 saturated heterocycles. The maximum absolute atomic E-state index is 13.2. The fraction of sp³-hybridized carbons (Fsp3) is 0.296. The molecule has 0 saturated carbocycles. The Balaban J connectivity index is 1.38. The fourth-order valence-corrected chi connectivity index (χ4v) is 4.57. The number of nitrogens with zero attached hydrogens (tertiary/aromatic N) is 5. The summed E-state index contributed by atoms with van der Waals surface area (Å²) in [5, 5.41) is 6.54. The molecular formula is C27H31N7O. The van der Waals surface area contributed by atoms with Crippen LogP contribution in [0.5, 0.6) is 0 Å². The molecule has 0 unspecified atom stereocenters. The summed E-state index contributed by atoms with van der Waals surface area (Å²) in [7, 11) is 4.02. The molecule has 0 bridgehead atoms. The van der Waals surface area contributed by atoms with Gasteiger partial charge in [-0.15, -0.1) is 0 Å². The fourth-order valence-electron chi connectivity index (χ4n) is 4.57. The van der Waals surface area contributed by atoms with Crippen LogP contribution in [0.2, 0.25) is 0 Å². The van der Waals surface area contributed by atoms with E-state index in [2.05, 4.69) is 44.7 Å². The Bertz CT molecular complexity index is 1350. The normalized spacial score (nSPS) is 14.7. The number of fused-ring (bicyclic) bond motifs is 1. The zero-order valence-corrected chi connectivity index (χ0v) is 20.5. The van der Waals surface area contributed by atoms with Gasteiger partial charge in [-0.05, 0) is 62.8 Å². The Hall–Kier alpha value is -3.91. The first kappa shape index (κ1) is 22.9. The van der Waals surface area contributed by atoms with E-state index >= 15 is 0 Å². The highest BCUT2D eigenvalue weighted by Crippen LogP contribution is 2.27. The van der Waals surface area contributed by atoms with Gasteiger partial charge in [-0.3, -0.25) is 9.20 Å². The SMILES string of the molecule is CNc1ccc(-c2cnc3c(Nc4ccc(C(=O)N5CCCN(C)CC5)c(C)c4)nccn23)cc1. The lowest BCUT2D eigenvalue weighted by molar-refractivity contribution is 0.0762. The van der Waals surface area contributed by atoms with Crippen molar-refractivity contribution in [2.45, 2.75) is 13.3 Å². The predicted octanol–water partition coefficient (Wildman–Crippen LogP) is 4.27. The Morgan fingerprint density at radius 1 is 0.971 bits per heavy atom. The van der Waals surface area contributed by atoms with Crippen LogP contribution in [0.1, 0.15) is 22.3 Å². The minimum atomic E-state index is 0.103. The summed E-state index contributed by atoms with van der Waals surface area (Å²) in [6, 6.07) is 14.1. The van der Waals surface area contributed by atoms with Gasteiger partial charge in [-0.2, -0.15) is 0 Å². The van der Waals surface area contributed by atoms with Gasteiger partial charge in [0.15, 0.2) is 11.5 Å². The van der Waals surface area contributed by atoms with Gasteiger partial charge in [0.25, 0.3) is 5.91 Å². The number of hydrogen-bond acceptors (Lipinski definition) is 6. The number of nitrogens with one attached hydrogen (secondary N) is 2. The van der Waals surface area contributed by atoms with Crippen LogP contribution in [0.25, 0.3) is 16.9 Å². The minimum Gasteiger partial charge on any atom is -0.388 e. The van der Waals surface area contributed by atoms with Crippen LogP contribution in [0.3, 0.4) is 0 Å². The van der Waals surface area contributed by atoms with E-state index < -0.39 is 0 Å². The van der Waals surface area contributed by atoms with Crippen LogP contribution in [0.15, 0.2) is 61.1 Å². The Labute approximate surface area is 205 Å². The van der Waals surface area contributed by atoms with Gasteiger partial charge in [0, 0.05) is 61.6 Å². The molecule has 0 aliphatic carbocycles. The maximum atomic E-state index is 13.2. The van der Waals surface area contributed by atoms with E-state index in [9.17, 15) is 4.79 Å². The van der Waals surface area contributed by atoms with Crippen molar-refractivity contribution in [3.63, 3.8) is 0 Å². The molecular weight excluding hydrogens is 438 g/mol. The second-order valence-corrected chi connectivity index (χ2v) is 9.04. The van der Waals surface area contributed by atoms with Gasteiger partial charge in [0.05, 0.1) is 11.9 Å². The van der Waals surface area contributed by atoms with Gasteiger partial charge >= 0.3 is 0 Å². The molecule has 180 valence electrons. The van der Waals surface area contributed by atoms with Crippen LogP contribution in [-0.2, 0) is 0 Å². The molecule has 0 radical (unpaired) electrons. The van der Waals surface area contributed by atoms with E-state index in [1.54, 1.807) is 6.20 Å². The number of aromatic nitrogens is 3. The third kappa shape index (κ3) is 4.70. The number of carbonyl (C=O) groups is 1. The summed E-state index contributed by atoms with van der Waals surface area (Å²) >= 11 is 0. The van der Waals surface area contributed by atoms with Crippen molar-refractivity contribution in [2.24, 2.45) is 0 Å². The van der Waals surface area contributed by atoms with Crippen LogP contribution >= 0.6 is 0 Å². The molecule has 5 rings (SSSR count). The lowest BCUT2D eigenvalue weighted by Crippen LogP contribution is -2.34. The van der Waals surface area contributed by atoms with Crippen molar-refractivity contribution in [2.75, 3.05) is 50.9 Å². The minimum absolute atomic E-state index is 0.103. The summed E-state index contributed by atoms with van der Waals surface area (Å²) in [4.78, 5) is 26.6. The predicted molar refractivity (Wildman–Crippen MR) is 140 cm³/mol. The number of amides is 1. The summed E-state index contributed by atoms with van der Waals surface area (Å²) in [6.45, 7) is 5.49. The number of anilines is 3. The summed E-state index contributed by atoms with van der Waals surface area (Å²) in [5.74, 6) is 0.770. The number of likely N-dealkylation sites (N-methyl/N-ethyl adjacent to an activating group) is 1. The van der Waals surface area contributed by atoms with Crippen molar-refractivity contribution in [1.29, 1.82) is 0 Å². The number of aryl methyl sites for hydroxylation is 1. The topological polar surface area (TPSA) is 77.8 Å². The van der Waals surface area contributed by atoms with E-state index in [-0.39, 0.29) is 5.91 Å². The van der Waals surface area contributed by atoms with E-state index in [1.807, 2.05) is 66.0 Å². The molecule has 2 aromatic heterocycles. The van der Waals surface area contributed by atoms with Gasteiger partial charge in [0.2, 0.25) is 0 Å². The number of carbonyl (C=O) groups excluding carboxylic acids is 1. The molecule has 35 heavy (non-hydrogen) atoms. The van der Waals surface area contributed by atoms with Crippen LogP contribution < -0.4 is 10.6 Å². The molecule has 8 nitrogen and oxygen atoms in total. The van der Waals surface area contributed by atoms with Crippen molar-refractivity contribution < 1.29 is 4.79 Å². The molecule has 0 atom stereocenters. The second kappa shape index (κ2) is 9.76. The van der Waals surface area contributed by atoms with Crippen molar-refractivity contribution in [3.05, 3.63) is 72.2 Å². The molecule has 1 fully saturated rings.